The summed E-state index contributed by atoms with van der Waals surface area (Å²) in [5, 5.41) is 0.108. The molecule has 0 amide bonds. The first-order chi connectivity index (χ1) is 12.9. The molecular formula is C23H30INO2Si. The first-order valence-corrected chi connectivity index (χ1v) is 13.2. The molecule has 28 heavy (non-hydrogen) atoms. The largest absolute Gasteiger partial charge is 0.400 e. The summed E-state index contributed by atoms with van der Waals surface area (Å²) in [6.07, 6.45) is 2.52. The fourth-order valence-electron chi connectivity index (χ4n) is 2.12. The summed E-state index contributed by atoms with van der Waals surface area (Å²) in [6.45, 7) is 13.0. The van der Waals surface area contributed by atoms with Gasteiger partial charge in [0, 0.05) is 53.5 Å². The Morgan fingerprint density at radius 1 is 1.29 bits per heavy atom. The fourth-order valence-corrected chi connectivity index (χ4v) is 3.54. The third-order valence-electron chi connectivity index (χ3n) is 4.90. The Kier molecular flexibility index (Phi) is 9.01. The van der Waals surface area contributed by atoms with E-state index in [1.807, 2.05) is 66.7 Å². The molecule has 1 atom stereocenters. The van der Waals surface area contributed by atoms with Gasteiger partial charge in [0.05, 0.1) is 0 Å². The Bertz CT molecular complexity index is 859. The Hall–Kier alpha value is -1.54. The number of anilines is 1. The van der Waals surface area contributed by atoms with Crippen LogP contribution in [-0.4, -0.2) is 34.8 Å². The van der Waals surface area contributed by atoms with Gasteiger partial charge in [-0.2, -0.15) is 0 Å². The molecule has 150 valence electrons. The maximum atomic E-state index is 11.3. The number of benzene rings is 1. The second-order valence-corrected chi connectivity index (χ2v) is 13.7. The van der Waals surface area contributed by atoms with Gasteiger partial charge in [0.15, 0.2) is 14.6 Å². The summed E-state index contributed by atoms with van der Waals surface area (Å²) in [6, 6.07) is 5.64. The highest BCUT2D eigenvalue weighted by molar-refractivity contribution is 14.1. The lowest BCUT2D eigenvalue weighted by Crippen LogP contribution is -2.43. The van der Waals surface area contributed by atoms with Crippen molar-refractivity contribution in [1.29, 1.82) is 0 Å². The maximum absolute atomic E-state index is 11.3. The van der Waals surface area contributed by atoms with Crippen molar-refractivity contribution >= 4 is 42.9 Å². The van der Waals surface area contributed by atoms with Gasteiger partial charge in [-0.3, -0.25) is 4.79 Å². The summed E-state index contributed by atoms with van der Waals surface area (Å²) in [5.74, 6) is 9.41. The van der Waals surface area contributed by atoms with Gasteiger partial charge in [-0.05, 0) is 58.8 Å². The quantitative estimate of drug-likeness (QED) is 0.223. The Morgan fingerprint density at radius 2 is 1.93 bits per heavy atom. The summed E-state index contributed by atoms with van der Waals surface area (Å²) < 4.78 is 9.35. The minimum Gasteiger partial charge on any atom is -0.400 e. The first-order valence-electron chi connectivity index (χ1n) is 9.17. The molecular weight excluding hydrogens is 477 g/mol. The van der Waals surface area contributed by atoms with Gasteiger partial charge in [0.2, 0.25) is 0 Å². The normalized spacial score (nSPS) is 13.0. The molecule has 0 N–H and O–H groups in total. The summed E-state index contributed by atoms with van der Waals surface area (Å²) >= 11 is 2.04. The average Bonchev–Trinajstić information content (AvgIpc) is 2.58. The van der Waals surface area contributed by atoms with E-state index < -0.39 is 8.32 Å². The van der Waals surface area contributed by atoms with Crippen LogP contribution in [0.15, 0.2) is 29.8 Å². The molecule has 0 bridgehead atoms. The lowest BCUT2D eigenvalue weighted by molar-refractivity contribution is 0.112. The van der Waals surface area contributed by atoms with Crippen molar-refractivity contribution in [2.24, 2.45) is 0 Å². The third kappa shape index (κ3) is 7.13. The lowest BCUT2D eigenvalue weighted by Gasteiger charge is -2.37. The summed E-state index contributed by atoms with van der Waals surface area (Å²) in [5.41, 5.74) is 3.18. The number of carbonyl (C=O) groups is 1. The van der Waals surface area contributed by atoms with Gasteiger partial charge in [-0.25, -0.2) is 0 Å². The average molecular weight is 507 g/mol. The molecule has 0 radical (unpaired) electrons. The number of hydrogen-bond acceptors (Lipinski definition) is 3. The Balaban J connectivity index is 3.19. The zero-order chi connectivity index (χ0) is 21.5. The molecule has 1 aromatic rings. The molecule has 0 saturated carbocycles. The second-order valence-electron chi connectivity index (χ2n) is 8.42. The lowest BCUT2D eigenvalue weighted by atomic mass is 10.1. The molecule has 0 aliphatic carbocycles. The predicted octanol–water partition coefficient (Wildman–Crippen LogP) is 5.65. The number of halogens is 1. The highest BCUT2D eigenvalue weighted by Gasteiger charge is 2.38. The zero-order valence-corrected chi connectivity index (χ0v) is 21.3. The van der Waals surface area contributed by atoms with E-state index in [-0.39, 0.29) is 11.1 Å². The van der Waals surface area contributed by atoms with Crippen molar-refractivity contribution in [2.45, 2.75) is 51.9 Å². The van der Waals surface area contributed by atoms with E-state index in [1.54, 1.807) is 6.07 Å². The molecule has 3 nitrogen and oxygen atoms in total. The maximum Gasteiger partial charge on any atom is 0.194 e. The molecule has 0 heterocycles. The predicted molar refractivity (Wildman–Crippen MR) is 131 cm³/mol. The monoisotopic (exact) mass is 507 g/mol. The van der Waals surface area contributed by atoms with Crippen LogP contribution in [-0.2, 0) is 4.43 Å². The van der Waals surface area contributed by atoms with Crippen molar-refractivity contribution in [1.82, 2.24) is 0 Å². The second kappa shape index (κ2) is 10.3. The molecule has 1 unspecified atom stereocenters. The number of rotatable bonds is 5. The van der Waals surface area contributed by atoms with Crippen molar-refractivity contribution in [2.75, 3.05) is 19.0 Å². The number of allylic oxidation sites excluding steroid dienone is 1. The SMILES string of the molecule is C/C(C#Cc1cc(N(C)C)ccc1C=O)=C/C(C#CI)O[Si](C)(C)C(C)(C)C. The van der Waals surface area contributed by atoms with Crippen LogP contribution in [0.1, 0.15) is 43.6 Å². The van der Waals surface area contributed by atoms with E-state index in [1.165, 1.54) is 0 Å². The summed E-state index contributed by atoms with van der Waals surface area (Å²) in [7, 11) is 1.98. The molecule has 1 aromatic carbocycles. The van der Waals surface area contributed by atoms with E-state index in [4.69, 9.17) is 4.43 Å². The van der Waals surface area contributed by atoms with Crippen LogP contribution >= 0.6 is 22.6 Å². The minimum atomic E-state index is -1.94. The first kappa shape index (κ1) is 24.5. The van der Waals surface area contributed by atoms with Crippen molar-refractivity contribution < 1.29 is 9.22 Å². The zero-order valence-electron chi connectivity index (χ0n) is 18.1. The van der Waals surface area contributed by atoms with Gasteiger partial charge in [-0.15, -0.1) is 0 Å². The highest BCUT2D eigenvalue weighted by atomic mass is 127. The van der Waals surface area contributed by atoms with Gasteiger partial charge < -0.3 is 9.33 Å². The number of nitrogens with zero attached hydrogens (tertiary/aromatic N) is 1. The van der Waals surface area contributed by atoms with E-state index in [0.29, 0.717) is 5.56 Å². The molecule has 5 heteroatoms. The molecule has 1 rings (SSSR count). The van der Waals surface area contributed by atoms with E-state index in [9.17, 15) is 4.79 Å². The van der Waals surface area contributed by atoms with Crippen molar-refractivity contribution in [3.8, 4) is 21.7 Å². The molecule has 0 saturated heterocycles. The minimum absolute atomic E-state index is 0.108. The third-order valence-corrected chi connectivity index (χ3v) is 9.67. The molecule has 0 fully saturated rings. The summed E-state index contributed by atoms with van der Waals surface area (Å²) in [4.78, 5) is 13.3. The van der Waals surface area contributed by atoms with Gasteiger partial charge >= 0.3 is 0 Å². The number of hydrogen-bond donors (Lipinski definition) is 0. The van der Waals surface area contributed by atoms with Crippen molar-refractivity contribution in [3.05, 3.63) is 41.0 Å². The van der Waals surface area contributed by atoms with Crippen LogP contribution in [0.25, 0.3) is 0 Å². The smallest absolute Gasteiger partial charge is 0.194 e. The van der Waals surface area contributed by atoms with Gasteiger partial charge in [0.1, 0.15) is 6.10 Å². The number of aldehydes is 1. The van der Waals surface area contributed by atoms with Crippen LogP contribution in [0.3, 0.4) is 0 Å². The Morgan fingerprint density at radius 3 is 2.43 bits per heavy atom. The molecule has 0 aliphatic heterocycles. The van der Waals surface area contributed by atoms with E-state index in [2.05, 4.69) is 55.6 Å². The Labute approximate surface area is 185 Å². The van der Waals surface area contributed by atoms with Crippen LogP contribution in [0.4, 0.5) is 5.69 Å². The molecule has 0 aliphatic rings. The van der Waals surface area contributed by atoms with Crippen molar-refractivity contribution in [3.63, 3.8) is 0 Å². The highest BCUT2D eigenvalue weighted by Crippen LogP contribution is 2.37. The van der Waals surface area contributed by atoms with E-state index in [0.717, 1.165) is 23.1 Å². The molecule has 0 aromatic heterocycles. The van der Waals surface area contributed by atoms with Gasteiger partial charge in [0.25, 0.3) is 0 Å². The van der Waals surface area contributed by atoms with Crippen LogP contribution in [0.2, 0.25) is 18.1 Å². The standard InChI is InChI=1S/C23H30INO2Si/c1-18(15-22(13-14-24)27-28(7,8)23(2,3)4)9-10-19-16-21(25(5)6)12-11-20(19)17-26/h11-12,15-17,22H,1-8H3/b18-15-. The van der Waals surface area contributed by atoms with Crippen LogP contribution < -0.4 is 4.90 Å². The van der Waals surface area contributed by atoms with Gasteiger partial charge in [-0.1, -0.05) is 38.5 Å². The van der Waals surface area contributed by atoms with E-state index >= 15 is 0 Å². The topological polar surface area (TPSA) is 29.5 Å². The fraction of sp³-hybridized carbons (Fsp3) is 0.435. The van der Waals surface area contributed by atoms with Crippen LogP contribution in [0.5, 0.6) is 0 Å². The molecule has 0 spiro atoms. The van der Waals surface area contributed by atoms with Crippen LogP contribution in [0, 0.1) is 21.7 Å². The number of carbonyl (C=O) groups excluding carboxylic acids is 1.